The molecule has 1 atom stereocenters. The second-order valence-corrected chi connectivity index (χ2v) is 6.67. The minimum atomic E-state index is 0.726. The van der Waals surface area contributed by atoms with Gasteiger partial charge in [0.05, 0.1) is 0 Å². The molecule has 1 aliphatic heterocycles. The van der Waals surface area contributed by atoms with Gasteiger partial charge in [-0.05, 0) is 64.1 Å². The fourth-order valence-corrected chi connectivity index (χ4v) is 3.85. The van der Waals surface area contributed by atoms with E-state index in [4.69, 9.17) is 0 Å². The van der Waals surface area contributed by atoms with Crippen molar-refractivity contribution >= 4 is 0 Å². The molecule has 18 heavy (non-hydrogen) atoms. The van der Waals surface area contributed by atoms with Crippen LogP contribution in [-0.2, 0) is 0 Å². The molecule has 1 saturated heterocycles. The lowest BCUT2D eigenvalue weighted by Gasteiger charge is -2.34. The molecule has 1 saturated carbocycles. The van der Waals surface area contributed by atoms with Crippen LogP contribution in [0.4, 0.5) is 0 Å². The van der Waals surface area contributed by atoms with Crippen LogP contribution in [0.1, 0.15) is 65.2 Å². The van der Waals surface area contributed by atoms with Crippen LogP contribution in [-0.4, -0.2) is 37.1 Å². The van der Waals surface area contributed by atoms with E-state index in [0.717, 1.165) is 11.5 Å². The minimum Gasteiger partial charge on any atom is -0.317 e. The van der Waals surface area contributed by atoms with E-state index in [1.54, 1.807) is 0 Å². The van der Waals surface area contributed by atoms with Crippen LogP contribution >= 0.6 is 0 Å². The van der Waals surface area contributed by atoms with Crippen molar-refractivity contribution in [2.75, 3.05) is 26.2 Å². The second-order valence-electron chi connectivity index (χ2n) is 6.67. The zero-order valence-electron chi connectivity index (χ0n) is 12.5. The fourth-order valence-electron chi connectivity index (χ4n) is 3.85. The Bertz CT molecular complexity index is 233. The lowest BCUT2D eigenvalue weighted by atomic mass is 9.73. The predicted molar refractivity (Wildman–Crippen MR) is 78.9 cm³/mol. The maximum absolute atomic E-state index is 3.53. The van der Waals surface area contributed by atoms with Gasteiger partial charge in [0.15, 0.2) is 0 Å². The van der Waals surface area contributed by atoms with Crippen LogP contribution in [0, 0.1) is 5.41 Å². The van der Waals surface area contributed by atoms with Gasteiger partial charge in [0.1, 0.15) is 0 Å². The normalized spacial score (nSPS) is 25.7. The lowest BCUT2D eigenvalue weighted by Crippen LogP contribution is -2.36. The van der Waals surface area contributed by atoms with Crippen molar-refractivity contribution in [3.8, 4) is 0 Å². The maximum Gasteiger partial charge on any atom is 0.00792 e. The van der Waals surface area contributed by atoms with Crippen molar-refractivity contribution in [2.24, 2.45) is 5.41 Å². The Morgan fingerprint density at radius 1 is 1.11 bits per heavy atom. The summed E-state index contributed by atoms with van der Waals surface area (Å²) in [6.07, 6.45) is 11.5. The van der Waals surface area contributed by atoms with Gasteiger partial charge in [0, 0.05) is 12.6 Å². The van der Waals surface area contributed by atoms with E-state index >= 15 is 0 Å². The summed E-state index contributed by atoms with van der Waals surface area (Å²) in [6, 6.07) is 0.774. The Hall–Kier alpha value is -0.0800. The molecule has 2 nitrogen and oxygen atoms in total. The number of likely N-dealkylation sites (tertiary alicyclic amines) is 1. The molecule has 0 aromatic heterocycles. The molecule has 106 valence electrons. The van der Waals surface area contributed by atoms with Crippen molar-refractivity contribution in [2.45, 2.75) is 71.3 Å². The van der Waals surface area contributed by atoms with E-state index in [2.05, 4.69) is 24.1 Å². The molecule has 2 heteroatoms. The van der Waals surface area contributed by atoms with Crippen LogP contribution < -0.4 is 5.32 Å². The molecule has 2 fully saturated rings. The molecule has 1 N–H and O–H groups in total. The third kappa shape index (κ3) is 3.71. The summed E-state index contributed by atoms with van der Waals surface area (Å²) in [6.45, 7) is 9.78. The van der Waals surface area contributed by atoms with Gasteiger partial charge in [-0.1, -0.05) is 26.2 Å². The largest absolute Gasteiger partial charge is 0.317 e. The van der Waals surface area contributed by atoms with E-state index in [-0.39, 0.29) is 0 Å². The standard InChI is InChI=1S/C16H32N2/c1-3-11-17-12-7-15(2)18-13-10-16(14-18)8-5-4-6-9-16/h15,17H,3-14H2,1-2H3. The molecule has 1 aliphatic carbocycles. The van der Waals surface area contributed by atoms with E-state index in [0.29, 0.717) is 0 Å². The van der Waals surface area contributed by atoms with Crippen LogP contribution in [0.15, 0.2) is 0 Å². The molecule has 1 unspecified atom stereocenters. The number of hydrogen-bond donors (Lipinski definition) is 1. The molecule has 2 rings (SSSR count). The quantitative estimate of drug-likeness (QED) is 0.729. The maximum atomic E-state index is 3.53. The zero-order valence-corrected chi connectivity index (χ0v) is 12.5. The SMILES string of the molecule is CCCNCCC(C)N1CCC2(CCCCC2)C1. The molecule has 1 spiro atoms. The third-order valence-corrected chi connectivity index (χ3v) is 5.17. The Morgan fingerprint density at radius 3 is 2.61 bits per heavy atom. The fraction of sp³-hybridized carbons (Fsp3) is 1.00. The van der Waals surface area contributed by atoms with Gasteiger partial charge >= 0.3 is 0 Å². The average molecular weight is 252 g/mol. The Labute approximate surface area is 114 Å². The second kappa shape index (κ2) is 6.91. The predicted octanol–water partition coefficient (Wildman–Crippen LogP) is 3.42. The Kier molecular flexibility index (Phi) is 5.50. The Morgan fingerprint density at radius 2 is 1.89 bits per heavy atom. The summed E-state index contributed by atoms with van der Waals surface area (Å²) in [4.78, 5) is 2.76. The summed E-state index contributed by atoms with van der Waals surface area (Å²) in [5.74, 6) is 0. The van der Waals surface area contributed by atoms with E-state index in [9.17, 15) is 0 Å². The molecular weight excluding hydrogens is 220 g/mol. The van der Waals surface area contributed by atoms with Gasteiger partial charge in [-0.2, -0.15) is 0 Å². The number of rotatable bonds is 6. The van der Waals surface area contributed by atoms with Crippen molar-refractivity contribution < 1.29 is 0 Å². The van der Waals surface area contributed by atoms with E-state index in [1.807, 2.05) is 0 Å². The molecule has 0 aromatic rings. The highest BCUT2D eigenvalue weighted by molar-refractivity contribution is 4.93. The number of nitrogens with zero attached hydrogens (tertiary/aromatic N) is 1. The van der Waals surface area contributed by atoms with Crippen molar-refractivity contribution in [3.05, 3.63) is 0 Å². The van der Waals surface area contributed by atoms with Gasteiger partial charge < -0.3 is 10.2 Å². The first-order valence-corrected chi connectivity index (χ1v) is 8.20. The highest BCUT2D eigenvalue weighted by atomic mass is 15.2. The first-order valence-electron chi connectivity index (χ1n) is 8.20. The first kappa shape index (κ1) is 14.3. The third-order valence-electron chi connectivity index (χ3n) is 5.17. The van der Waals surface area contributed by atoms with Crippen molar-refractivity contribution in [1.29, 1.82) is 0 Å². The van der Waals surface area contributed by atoms with Crippen LogP contribution in [0.25, 0.3) is 0 Å². The molecular formula is C16H32N2. The van der Waals surface area contributed by atoms with E-state index in [1.165, 1.54) is 77.5 Å². The summed E-state index contributed by atoms with van der Waals surface area (Å²) in [5, 5.41) is 3.53. The summed E-state index contributed by atoms with van der Waals surface area (Å²) < 4.78 is 0. The number of nitrogens with one attached hydrogen (secondary N) is 1. The van der Waals surface area contributed by atoms with Gasteiger partial charge in [0.2, 0.25) is 0 Å². The highest BCUT2D eigenvalue weighted by Crippen LogP contribution is 2.44. The molecule has 0 radical (unpaired) electrons. The van der Waals surface area contributed by atoms with E-state index < -0.39 is 0 Å². The number of hydrogen-bond acceptors (Lipinski definition) is 2. The monoisotopic (exact) mass is 252 g/mol. The van der Waals surface area contributed by atoms with Gasteiger partial charge in [0.25, 0.3) is 0 Å². The lowest BCUT2D eigenvalue weighted by molar-refractivity contribution is 0.163. The molecule has 0 aromatic carbocycles. The van der Waals surface area contributed by atoms with Crippen LogP contribution in [0.2, 0.25) is 0 Å². The molecule has 0 bridgehead atoms. The molecule has 1 heterocycles. The summed E-state index contributed by atoms with van der Waals surface area (Å²) in [5.41, 5.74) is 0.726. The summed E-state index contributed by atoms with van der Waals surface area (Å²) >= 11 is 0. The van der Waals surface area contributed by atoms with Crippen LogP contribution in [0.3, 0.4) is 0 Å². The Balaban J connectivity index is 1.70. The van der Waals surface area contributed by atoms with Crippen molar-refractivity contribution in [3.63, 3.8) is 0 Å². The molecule has 2 aliphatic rings. The van der Waals surface area contributed by atoms with Crippen molar-refractivity contribution in [1.82, 2.24) is 10.2 Å². The summed E-state index contributed by atoms with van der Waals surface area (Å²) in [7, 11) is 0. The van der Waals surface area contributed by atoms with Crippen LogP contribution in [0.5, 0.6) is 0 Å². The highest BCUT2D eigenvalue weighted by Gasteiger charge is 2.39. The van der Waals surface area contributed by atoms with Gasteiger partial charge in [-0.3, -0.25) is 0 Å². The first-order chi connectivity index (χ1) is 8.76. The average Bonchev–Trinajstić information content (AvgIpc) is 2.79. The smallest absolute Gasteiger partial charge is 0.00792 e. The van der Waals surface area contributed by atoms with Gasteiger partial charge in [-0.25, -0.2) is 0 Å². The topological polar surface area (TPSA) is 15.3 Å². The minimum absolute atomic E-state index is 0.726. The van der Waals surface area contributed by atoms with Gasteiger partial charge in [-0.15, -0.1) is 0 Å². The zero-order chi connectivity index (χ0) is 12.8. The molecule has 0 amide bonds.